The molecule has 0 bridgehead atoms. The molecule has 5 nitrogen and oxygen atoms in total. The Kier molecular flexibility index (Phi) is 5.08. The normalized spacial score (nSPS) is 18.5. The van der Waals surface area contributed by atoms with Gasteiger partial charge in [0, 0.05) is 42.0 Å². The summed E-state index contributed by atoms with van der Waals surface area (Å²) in [6, 6.07) is 10.9. The van der Waals surface area contributed by atoms with Gasteiger partial charge < -0.3 is 0 Å². The highest BCUT2D eigenvalue weighted by Crippen LogP contribution is 2.30. The Labute approximate surface area is 163 Å². The van der Waals surface area contributed by atoms with Crippen molar-refractivity contribution in [3.05, 3.63) is 54.2 Å². The van der Waals surface area contributed by atoms with E-state index < -0.39 is 10.0 Å². The standard InChI is InChI=1S/C20H21N3O2S2/c1-15-5-4-10-23(13-15)27(24,25)18-8-2-6-16(11-18)19-14-26-20(22-19)17-7-3-9-21-12-17/h2-3,6-9,11-12,14-15H,4-5,10,13H2,1H3/t15-/m0/s1. The molecule has 0 radical (unpaired) electrons. The van der Waals surface area contributed by atoms with Crippen molar-refractivity contribution in [2.45, 2.75) is 24.7 Å². The number of thiazole rings is 1. The molecule has 1 aliphatic heterocycles. The minimum atomic E-state index is -3.47. The largest absolute Gasteiger partial charge is 0.264 e. The number of aromatic nitrogens is 2. The van der Waals surface area contributed by atoms with E-state index >= 15 is 0 Å². The molecule has 1 atom stereocenters. The number of hydrogen-bond donors (Lipinski definition) is 0. The van der Waals surface area contributed by atoms with E-state index in [1.807, 2.05) is 23.6 Å². The second kappa shape index (κ2) is 7.50. The van der Waals surface area contributed by atoms with Crippen molar-refractivity contribution in [3.8, 4) is 21.8 Å². The third kappa shape index (κ3) is 3.81. The first-order valence-corrected chi connectivity index (χ1v) is 11.3. The van der Waals surface area contributed by atoms with E-state index in [9.17, 15) is 8.42 Å². The van der Waals surface area contributed by atoms with Gasteiger partial charge in [-0.1, -0.05) is 19.1 Å². The highest BCUT2D eigenvalue weighted by molar-refractivity contribution is 7.89. The average molecular weight is 400 g/mol. The summed E-state index contributed by atoms with van der Waals surface area (Å²) in [5.74, 6) is 0.400. The van der Waals surface area contributed by atoms with Crippen LogP contribution in [-0.4, -0.2) is 35.8 Å². The average Bonchev–Trinajstić information content (AvgIpc) is 3.19. The van der Waals surface area contributed by atoms with Gasteiger partial charge in [0.15, 0.2) is 0 Å². The first-order chi connectivity index (χ1) is 13.0. The molecule has 0 saturated carbocycles. The van der Waals surface area contributed by atoms with Gasteiger partial charge in [0.2, 0.25) is 10.0 Å². The van der Waals surface area contributed by atoms with E-state index in [0.29, 0.717) is 23.9 Å². The molecule has 1 fully saturated rings. The van der Waals surface area contributed by atoms with Crippen molar-refractivity contribution in [1.82, 2.24) is 14.3 Å². The molecule has 2 aromatic heterocycles. The fourth-order valence-corrected chi connectivity index (χ4v) is 5.82. The zero-order valence-corrected chi connectivity index (χ0v) is 16.7. The molecule has 1 saturated heterocycles. The van der Waals surface area contributed by atoms with E-state index in [1.165, 1.54) is 11.3 Å². The molecule has 0 spiro atoms. The van der Waals surface area contributed by atoms with Gasteiger partial charge >= 0.3 is 0 Å². The molecular formula is C20H21N3O2S2. The predicted octanol–water partition coefficient (Wildman–Crippen LogP) is 4.29. The monoisotopic (exact) mass is 399 g/mol. The SMILES string of the molecule is C[C@H]1CCCN(S(=O)(=O)c2cccc(-c3csc(-c4cccnc4)n3)c2)C1. The lowest BCUT2D eigenvalue weighted by Crippen LogP contribution is -2.39. The number of rotatable bonds is 4. The number of benzene rings is 1. The van der Waals surface area contributed by atoms with Crippen molar-refractivity contribution in [2.24, 2.45) is 5.92 Å². The molecular weight excluding hydrogens is 378 g/mol. The second-order valence-electron chi connectivity index (χ2n) is 6.92. The van der Waals surface area contributed by atoms with Crippen LogP contribution in [0.5, 0.6) is 0 Å². The van der Waals surface area contributed by atoms with Crippen molar-refractivity contribution in [2.75, 3.05) is 13.1 Å². The molecule has 3 aromatic rings. The Morgan fingerprint density at radius 3 is 2.81 bits per heavy atom. The van der Waals surface area contributed by atoms with E-state index in [2.05, 4.69) is 16.9 Å². The number of nitrogens with zero attached hydrogens (tertiary/aromatic N) is 3. The lowest BCUT2D eigenvalue weighted by molar-refractivity contribution is 0.281. The van der Waals surface area contributed by atoms with Crippen LogP contribution in [0, 0.1) is 5.92 Å². The van der Waals surface area contributed by atoms with Crippen LogP contribution in [0.25, 0.3) is 21.8 Å². The molecule has 140 valence electrons. The molecule has 7 heteroatoms. The van der Waals surface area contributed by atoms with Crippen LogP contribution in [0.4, 0.5) is 0 Å². The predicted molar refractivity (Wildman–Crippen MR) is 108 cm³/mol. The highest BCUT2D eigenvalue weighted by atomic mass is 32.2. The maximum Gasteiger partial charge on any atom is 0.243 e. The van der Waals surface area contributed by atoms with Crippen LogP contribution < -0.4 is 0 Å². The Morgan fingerprint density at radius 1 is 1.19 bits per heavy atom. The lowest BCUT2D eigenvalue weighted by atomic mass is 10.0. The summed E-state index contributed by atoms with van der Waals surface area (Å²) in [6.07, 6.45) is 5.51. The van der Waals surface area contributed by atoms with Gasteiger partial charge in [0.25, 0.3) is 0 Å². The second-order valence-corrected chi connectivity index (χ2v) is 9.71. The molecule has 0 aliphatic carbocycles. The van der Waals surface area contributed by atoms with Crippen LogP contribution in [-0.2, 0) is 10.0 Å². The summed E-state index contributed by atoms with van der Waals surface area (Å²) in [5.41, 5.74) is 2.55. The quantitative estimate of drug-likeness (QED) is 0.656. The summed E-state index contributed by atoms with van der Waals surface area (Å²) >= 11 is 1.53. The molecule has 27 heavy (non-hydrogen) atoms. The van der Waals surface area contributed by atoms with Crippen molar-refractivity contribution >= 4 is 21.4 Å². The van der Waals surface area contributed by atoms with Crippen molar-refractivity contribution < 1.29 is 8.42 Å². The summed E-state index contributed by atoms with van der Waals surface area (Å²) in [5, 5.41) is 2.83. The van der Waals surface area contributed by atoms with E-state index in [0.717, 1.165) is 34.7 Å². The van der Waals surface area contributed by atoms with Crippen LogP contribution in [0.2, 0.25) is 0 Å². The van der Waals surface area contributed by atoms with Gasteiger partial charge in [-0.3, -0.25) is 4.98 Å². The minimum Gasteiger partial charge on any atom is -0.264 e. The maximum absolute atomic E-state index is 13.0. The molecule has 1 aromatic carbocycles. The number of hydrogen-bond acceptors (Lipinski definition) is 5. The van der Waals surface area contributed by atoms with E-state index in [-0.39, 0.29) is 0 Å². The third-order valence-corrected chi connectivity index (χ3v) is 7.55. The molecule has 0 amide bonds. The van der Waals surface area contributed by atoms with Crippen molar-refractivity contribution in [3.63, 3.8) is 0 Å². The first-order valence-electron chi connectivity index (χ1n) is 9.00. The summed E-state index contributed by atoms with van der Waals surface area (Å²) in [6.45, 7) is 3.29. The summed E-state index contributed by atoms with van der Waals surface area (Å²) in [7, 11) is -3.47. The molecule has 4 rings (SSSR count). The zero-order valence-electron chi connectivity index (χ0n) is 15.1. The zero-order chi connectivity index (χ0) is 18.9. The molecule has 1 aliphatic rings. The highest BCUT2D eigenvalue weighted by Gasteiger charge is 2.28. The lowest BCUT2D eigenvalue weighted by Gasteiger charge is -2.30. The van der Waals surface area contributed by atoms with Gasteiger partial charge in [0.1, 0.15) is 5.01 Å². The Morgan fingerprint density at radius 2 is 2.04 bits per heavy atom. The van der Waals surface area contributed by atoms with E-state index in [4.69, 9.17) is 0 Å². The summed E-state index contributed by atoms with van der Waals surface area (Å²) in [4.78, 5) is 9.14. The van der Waals surface area contributed by atoms with Crippen LogP contribution in [0.3, 0.4) is 0 Å². The third-order valence-electron chi connectivity index (χ3n) is 4.80. The van der Waals surface area contributed by atoms with Gasteiger partial charge in [-0.05, 0) is 43.0 Å². The summed E-state index contributed by atoms with van der Waals surface area (Å²) < 4.78 is 27.7. The Hall–Kier alpha value is -2.09. The molecule has 3 heterocycles. The van der Waals surface area contributed by atoms with Crippen LogP contribution in [0.1, 0.15) is 19.8 Å². The number of sulfonamides is 1. The maximum atomic E-state index is 13.0. The Bertz CT molecular complexity index is 1030. The van der Waals surface area contributed by atoms with Gasteiger partial charge in [-0.15, -0.1) is 11.3 Å². The first kappa shape index (κ1) is 18.3. The smallest absolute Gasteiger partial charge is 0.243 e. The van der Waals surface area contributed by atoms with Gasteiger partial charge in [0.05, 0.1) is 10.6 Å². The Balaban J connectivity index is 1.64. The molecule has 0 N–H and O–H groups in total. The minimum absolute atomic E-state index is 0.338. The topological polar surface area (TPSA) is 63.2 Å². The number of pyridine rings is 1. The fourth-order valence-electron chi connectivity index (χ4n) is 3.36. The van der Waals surface area contributed by atoms with Crippen LogP contribution in [0.15, 0.2) is 59.1 Å². The van der Waals surface area contributed by atoms with Crippen molar-refractivity contribution in [1.29, 1.82) is 0 Å². The molecule has 0 unspecified atom stereocenters. The fraction of sp³-hybridized carbons (Fsp3) is 0.300. The number of piperidine rings is 1. The van der Waals surface area contributed by atoms with Gasteiger partial charge in [-0.2, -0.15) is 4.31 Å². The van der Waals surface area contributed by atoms with Crippen LogP contribution >= 0.6 is 11.3 Å². The van der Waals surface area contributed by atoms with E-state index in [1.54, 1.807) is 34.9 Å². The van der Waals surface area contributed by atoms with Gasteiger partial charge in [-0.25, -0.2) is 13.4 Å².